The topological polar surface area (TPSA) is 109 Å². The number of benzene rings is 3. The minimum atomic E-state index is -4.51. The monoisotopic (exact) mass is 685 g/mol. The molecule has 246 valence electrons. The first-order chi connectivity index (χ1) is 21.7. The van der Waals surface area contributed by atoms with Gasteiger partial charge in [0.1, 0.15) is 11.9 Å². The molecule has 1 fully saturated rings. The second-order valence-corrected chi connectivity index (χ2v) is 13.1. The van der Waals surface area contributed by atoms with Gasteiger partial charge in [0, 0.05) is 12.1 Å². The van der Waals surface area contributed by atoms with E-state index in [4.69, 9.17) is 16.3 Å². The maximum atomic E-state index is 13.2. The molecule has 15 heteroatoms. The summed E-state index contributed by atoms with van der Waals surface area (Å²) in [5, 5.41) is 12.1. The average molecular weight is 686 g/mol. The second-order valence-electron chi connectivity index (χ2n) is 10.4. The van der Waals surface area contributed by atoms with Crippen molar-refractivity contribution in [1.29, 1.82) is 5.26 Å². The van der Waals surface area contributed by atoms with Crippen molar-refractivity contribution in [3.05, 3.63) is 88.4 Å². The van der Waals surface area contributed by atoms with E-state index in [1.807, 2.05) is 6.07 Å². The van der Waals surface area contributed by atoms with Crippen molar-refractivity contribution < 1.29 is 44.6 Å². The Bertz CT molecular complexity index is 1670. The maximum Gasteiger partial charge on any atom is 0.416 e. The lowest BCUT2D eigenvalue weighted by atomic mass is 10.0. The fourth-order valence-corrected chi connectivity index (χ4v) is 6.20. The van der Waals surface area contributed by atoms with Crippen LogP contribution in [0.4, 0.5) is 27.6 Å². The molecule has 8 nitrogen and oxygen atoms in total. The van der Waals surface area contributed by atoms with Crippen molar-refractivity contribution in [2.24, 2.45) is 0 Å². The normalized spacial score (nSPS) is 17.5. The second kappa shape index (κ2) is 14.7. The highest BCUT2D eigenvalue weighted by Crippen LogP contribution is 2.34. The molecule has 0 spiro atoms. The third kappa shape index (κ3) is 8.65. The van der Waals surface area contributed by atoms with Crippen LogP contribution < -0.4 is 15.0 Å². The summed E-state index contributed by atoms with van der Waals surface area (Å²) in [5.41, 5.74) is 0.199. The van der Waals surface area contributed by atoms with Crippen LogP contribution in [0.15, 0.2) is 71.6 Å². The molecule has 3 atom stereocenters. The zero-order valence-electron chi connectivity index (χ0n) is 24.3. The summed E-state index contributed by atoms with van der Waals surface area (Å²) in [6.07, 6.45) is -5.00. The van der Waals surface area contributed by atoms with Crippen LogP contribution in [0.2, 0.25) is 5.02 Å². The molecular weight excluding hydrogens is 657 g/mol. The van der Waals surface area contributed by atoms with E-state index < -0.39 is 52.3 Å². The van der Waals surface area contributed by atoms with Gasteiger partial charge in [-0.25, -0.2) is 8.42 Å². The van der Waals surface area contributed by atoms with E-state index in [1.165, 1.54) is 55.5 Å². The van der Waals surface area contributed by atoms with Crippen LogP contribution in [0, 0.1) is 11.3 Å². The lowest BCUT2D eigenvalue weighted by Gasteiger charge is -2.27. The number of hydrogen-bond acceptors (Lipinski definition) is 7. The molecule has 0 radical (unpaired) electrons. The van der Waals surface area contributed by atoms with Crippen molar-refractivity contribution in [1.82, 2.24) is 5.32 Å². The Labute approximate surface area is 267 Å². The highest BCUT2D eigenvalue weighted by atomic mass is 35.5. The molecule has 1 saturated heterocycles. The Hall–Kier alpha value is -3.93. The average Bonchev–Trinajstić information content (AvgIpc) is 3.42. The summed E-state index contributed by atoms with van der Waals surface area (Å²) in [7, 11) is -3.44. The van der Waals surface area contributed by atoms with Gasteiger partial charge in [-0.2, -0.15) is 27.2 Å². The van der Waals surface area contributed by atoms with Crippen molar-refractivity contribution in [3.63, 3.8) is 0 Å². The molecule has 46 heavy (non-hydrogen) atoms. The quantitative estimate of drug-likeness (QED) is 0.209. The molecule has 1 aliphatic heterocycles. The molecule has 3 aromatic carbocycles. The van der Waals surface area contributed by atoms with E-state index in [-0.39, 0.29) is 53.0 Å². The summed E-state index contributed by atoms with van der Waals surface area (Å²) < 4.78 is 99.2. The minimum Gasteiger partial charge on any atom is -0.489 e. The molecule has 0 saturated carbocycles. The first kappa shape index (κ1) is 34.9. The standard InChI is InChI=1S/C31H29ClF5N3O5S/c1-2-46(42,43)25-10-3-19(4-11-25)28(13-14-38)39-29(41)26-12-7-21(16-27(26)32)40-17-24(15-22(40)18-44-30(33)34)45-23-8-5-20(6-9-23)31(35,36)37/h3-12,16,22,24,28,30H,2,13,15,17-18H2,1H3,(H,39,41)/t22-,24+,28-/m0/s1. The Kier molecular flexibility index (Phi) is 11.1. The number of sulfone groups is 1. The van der Waals surface area contributed by atoms with Gasteiger partial charge in [0.25, 0.3) is 5.91 Å². The van der Waals surface area contributed by atoms with Crippen molar-refractivity contribution in [2.45, 2.75) is 55.6 Å². The number of ether oxygens (including phenoxy) is 2. The summed E-state index contributed by atoms with van der Waals surface area (Å²) in [6, 6.07) is 15.1. The van der Waals surface area contributed by atoms with Gasteiger partial charge in [0.05, 0.1) is 64.5 Å². The van der Waals surface area contributed by atoms with Gasteiger partial charge < -0.3 is 19.7 Å². The first-order valence-electron chi connectivity index (χ1n) is 14.0. The van der Waals surface area contributed by atoms with E-state index in [9.17, 15) is 40.4 Å². The van der Waals surface area contributed by atoms with Gasteiger partial charge in [0.2, 0.25) is 0 Å². The van der Waals surface area contributed by atoms with Crippen LogP contribution in [-0.4, -0.2) is 52.0 Å². The molecule has 3 aromatic rings. The van der Waals surface area contributed by atoms with E-state index in [0.29, 0.717) is 11.3 Å². The Morgan fingerprint density at radius 1 is 1.11 bits per heavy atom. The zero-order valence-corrected chi connectivity index (χ0v) is 25.9. The molecule has 4 rings (SSSR count). The zero-order chi connectivity index (χ0) is 33.6. The van der Waals surface area contributed by atoms with E-state index in [0.717, 1.165) is 12.1 Å². The number of carbonyl (C=O) groups excluding carboxylic acids is 1. The van der Waals surface area contributed by atoms with Crippen molar-refractivity contribution in [3.8, 4) is 11.8 Å². The lowest BCUT2D eigenvalue weighted by molar-refractivity contribution is -0.137. The third-order valence-corrected chi connectivity index (χ3v) is 9.49. The Balaban J connectivity index is 1.50. The number of hydrogen-bond donors (Lipinski definition) is 1. The maximum absolute atomic E-state index is 13.2. The number of nitrogens with zero attached hydrogens (tertiary/aromatic N) is 2. The number of carbonyl (C=O) groups is 1. The largest absolute Gasteiger partial charge is 0.489 e. The van der Waals surface area contributed by atoms with Gasteiger partial charge >= 0.3 is 12.8 Å². The predicted molar refractivity (Wildman–Crippen MR) is 160 cm³/mol. The Morgan fingerprint density at radius 2 is 1.78 bits per heavy atom. The predicted octanol–water partition coefficient (Wildman–Crippen LogP) is 6.80. The molecule has 1 N–H and O–H groups in total. The van der Waals surface area contributed by atoms with E-state index in [1.54, 1.807) is 11.0 Å². The van der Waals surface area contributed by atoms with Gasteiger partial charge in [-0.05, 0) is 60.2 Å². The number of nitriles is 1. The smallest absolute Gasteiger partial charge is 0.416 e. The molecule has 0 aromatic heterocycles. The van der Waals surface area contributed by atoms with Crippen molar-refractivity contribution >= 4 is 33.0 Å². The number of halogens is 6. The van der Waals surface area contributed by atoms with Crippen LogP contribution in [0.25, 0.3) is 0 Å². The fraction of sp³-hybridized carbons (Fsp3) is 0.355. The van der Waals surface area contributed by atoms with Crippen LogP contribution in [0.5, 0.6) is 5.75 Å². The summed E-state index contributed by atoms with van der Waals surface area (Å²) in [5.74, 6) is -0.514. The number of anilines is 1. The highest BCUT2D eigenvalue weighted by molar-refractivity contribution is 7.91. The van der Waals surface area contributed by atoms with Gasteiger partial charge in [-0.1, -0.05) is 30.7 Å². The number of amides is 1. The van der Waals surface area contributed by atoms with Crippen LogP contribution >= 0.6 is 11.6 Å². The van der Waals surface area contributed by atoms with Gasteiger partial charge in [-0.15, -0.1) is 0 Å². The lowest BCUT2D eigenvalue weighted by Crippen LogP contribution is -2.34. The van der Waals surface area contributed by atoms with E-state index in [2.05, 4.69) is 10.1 Å². The molecule has 0 aliphatic carbocycles. The Morgan fingerprint density at radius 3 is 2.35 bits per heavy atom. The fourth-order valence-electron chi connectivity index (χ4n) is 5.05. The van der Waals surface area contributed by atoms with Crippen molar-refractivity contribution in [2.75, 3.05) is 23.8 Å². The summed E-state index contributed by atoms with van der Waals surface area (Å²) in [6.45, 7) is -1.72. The molecular formula is C31H29ClF5N3O5S. The van der Waals surface area contributed by atoms with Crippen LogP contribution in [0.1, 0.15) is 47.3 Å². The number of alkyl halides is 5. The van der Waals surface area contributed by atoms with Crippen LogP contribution in [0.3, 0.4) is 0 Å². The molecule has 1 aliphatic rings. The molecule has 0 unspecified atom stereocenters. The number of nitrogens with one attached hydrogen (secondary N) is 1. The molecule has 0 bridgehead atoms. The van der Waals surface area contributed by atoms with Gasteiger partial charge in [-0.3, -0.25) is 4.79 Å². The highest BCUT2D eigenvalue weighted by Gasteiger charge is 2.35. The first-order valence-corrected chi connectivity index (χ1v) is 16.0. The van der Waals surface area contributed by atoms with Gasteiger partial charge in [0.15, 0.2) is 9.84 Å². The number of rotatable bonds is 12. The summed E-state index contributed by atoms with van der Waals surface area (Å²) >= 11 is 6.50. The minimum absolute atomic E-state index is 0.0238. The molecule has 1 amide bonds. The van der Waals surface area contributed by atoms with Crippen LogP contribution in [-0.2, 0) is 20.8 Å². The summed E-state index contributed by atoms with van der Waals surface area (Å²) in [4.78, 5) is 15.0. The SMILES string of the molecule is CCS(=O)(=O)c1ccc([C@H](CC#N)NC(=O)c2ccc(N3C[C@H](Oc4ccc(C(F)(F)F)cc4)C[C@H]3COC(F)F)cc2Cl)cc1. The van der Waals surface area contributed by atoms with E-state index >= 15 is 0 Å². The third-order valence-electron chi connectivity index (χ3n) is 7.43. The molecule has 1 heterocycles.